The first-order chi connectivity index (χ1) is 8.02. The van der Waals surface area contributed by atoms with Gasteiger partial charge in [0.2, 0.25) is 0 Å². The Bertz CT molecular complexity index is 413. The van der Waals surface area contributed by atoms with Crippen molar-refractivity contribution in [1.82, 2.24) is 0 Å². The van der Waals surface area contributed by atoms with Crippen molar-refractivity contribution in [2.24, 2.45) is 0 Å². The average Bonchev–Trinajstić information content (AvgIpc) is 2.12. The Morgan fingerprint density at radius 3 is 1.89 bits per heavy atom. The minimum atomic E-state index is -5.61. The summed E-state index contributed by atoms with van der Waals surface area (Å²) in [4.78, 5) is -0.218. The monoisotopic (exact) mass is 415 g/mol. The van der Waals surface area contributed by atoms with Gasteiger partial charge in [0.15, 0.2) is 0 Å². The van der Waals surface area contributed by atoms with E-state index in [1.165, 1.54) is 0 Å². The molecule has 0 bridgehead atoms. The zero-order chi connectivity index (χ0) is 14.1. The SMILES string of the molecule is FC(C(F)(F)F)C(F)(F)Sc1cc(Br)[c]c(Br)c1. The van der Waals surface area contributed by atoms with Gasteiger partial charge < -0.3 is 0 Å². The molecule has 0 fully saturated rings. The normalized spacial score (nSPS) is 14.7. The third-order valence-corrected chi connectivity index (χ3v) is 3.42. The molecule has 0 aliphatic rings. The fraction of sp³-hybridized carbons (Fsp3) is 0.333. The Hall–Kier alpha value is 0.110. The highest BCUT2D eigenvalue weighted by Gasteiger charge is 2.57. The number of halogens is 8. The van der Waals surface area contributed by atoms with Crippen LogP contribution < -0.4 is 0 Å². The van der Waals surface area contributed by atoms with E-state index in [1.54, 1.807) is 0 Å². The lowest BCUT2D eigenvalue weighted by Crippen LogP contribution is -2.39. The Morgan fingerprint density at radius 1 is 1.06 bits per heavy atom. The molecule has 0 heterocycles. The Labute approximate surface area is 119 Å². The molecule has 0 spiro atoms. The molecule has 0 saturated carbocycles. The first-order valence-electron chi connectivity index (χ1n) is 4.18. The molecule has 0 aliphatic heterocycles. The van der Waals surface area contributed by atoms with Crippen LogP contribution in [0.25, 0.3) is 0 Å². The molecule has 1 aromatic rings. The topological polar surface area (TPSA) is 0 Å². The third-order valence-electron chi connectivity index (χ3n) is 1.61. The fourth-order valence-corrected chi connectivity index (χ4v) is 3.33. The van der Waals surface area contributed by atoms with E-state index in [9.17, 15) is 26.3 Å². The van der Waals surface area contributed by atoms with Crippen molar-refractivity contribution in [3.05, 3.63) is 27.1 Å². The molecule has 101 valence electrons. The molecule has 9 heteroatoms. The maximum atomic E-state index is 13.1. The highest BCUT2D eigenvalue weighted by molar-refractivity contribution is 9.11. The lowest BCUT2D eigenvalue weighted by molar-refractivity contribution is -0.219. The quantitative estimate of drug-likeness (QED) is 0.456. The second-order valence-corrected chi connectivity index (χ2v) is 6.01. The van der Waals surface area contributed by atoms with Gasteiger partial charge in [-0.25, -0.2) is 4.39 Å². The minimum absolute atomic E-state index is 0.218. The van der Waals surface area contributed by atoms with Crippen LogP contribution in [0.1, 0.15) is 0 Å². The molecule has 1 aromatic carbocycles. The number of hydrogen-bond donors (Lipinski definition) is 0. The lowest BCUT2D eigenvalue weighted by Gasteiger charge is -2.22. The fourth-order valence-electron chi connectivity index (χ4n) is 0.936. The van der Waals surface area contributed by atoms with Crippen LogP contribution in [0.5, 0.6) is 0 Å². The molecule has 0 aromatic heterocycles. The molecule has 0 amide bonds. The second kappa shape index (κ2) is 5.62. The van der Waals surface area contributed by atoms with Crippen LogP contribution >= 0.6 is 43.6 Å². The molecule has 1 radical (unpaired) electrons. The number of benzene rings is 1. The molecule has 1 unspecified atom stereocenters. The van der Waals surface area contributed by atoms with Gasteiger partial charge in [0.05, 0.1) is 0 Å². The van der Waals surface area contributed by atoms with E-state index < -0.39 is 29.4 Å². The molecule has 18 heavy (non-hydrogen) atoms. The van der Waals surface area contributed by atoms with Gasteiger partial charge in [-0.05, 0) is 23.9 Å². The highest BCUT2D eigenvalue weighted by Crippen LogP contribution is 2.46. The number of rotatable bonds is 3. The van der Waals surface area contributed by atoms with E-state index in [0.29, 0.717) is 0 Å². The van der Waals surface area contributed by atoms with E-state index in [0.717, 1.165) is 12.1 Å². The van der Waals surface area contributed by atoms with Crippen molar-refractivity contribution in [2.45, 2.75) is 22.5 Å². The maximum absolute atomic E-state index is 13.1. The summed E-state index contributed by atoms with van der Waals surface area (Å²) < 4.78 is 75.1. The molecule has 1 rings (SSSR count). The van der Waals surface area contributed by atoms with Crippen molar-refractivity contribution in [3.63, 3.8) is 0 Å². The third kappa shape index (κ3) is 4.34. The Morgan fingerprint density at radius 2 is 1.50 bits per heavy atom. The Kier molecular flexibility index (Phi) is 5.05. The van der Waals surface area contributed by atoms with E-state index in [2.05, 4.69) is 37.9 Å². The number of thioether (sulfide) groups is 1. The number of alkyl halides is 6. The first-order valence-corrected chi connectivity index (χ1v) is 6.58. The van der Waals surface area contributed by atoms with Gasteiger partial charge >= 0.3 is 11.4 Å². The van der Waals surface area contributed by atoms with Crippen LogP contribution in [0.3, 0.4) is 0 Å². The second-order valence-electron chi connectivity index (χ2n) is 3.08. The predicted molar refractivity (Wildman–Crippen MR) is 62.4 cm³/mol. The van der Waals surface area contributed by atoms with Crippen molar-refractivity contribution >= 4 is 43.6 Å². The lowest BCUT2D eigenvalue weighted by atomic mass is 10.4. The van der Waals surface area contributed by atoms with E-state index in [-0.39, 0.29) is 13.8 Å². The number of hydrogen-bond acceptors (Lipinski definition) is 1. The Balaban J connectivity index is 2.95. The molecule has 0 saturated heterocycles. The van der Waals surface area contributed by atoms with Gasteiger partial charge in [-0.15, -0.1) is 0 Å². The summed E-state index contributed by atoms with van der Waals surface area (Å²) in [6, 6.07) is 4.85. The molecule has 0 aliphatic carbocycles. The summed E-state index contributed by atoms with van der Waals surface area (Å²) in [6.07, 6.45) is -9.83. The van der Waals surface area contributed by atoms with Gasteiger partial charge in [0.1, 0.15) is 0 Å². The van der Waals surface area contributed by atoms with Crippen LogP contribution in [-0.4, -0.2) is 17.6 Å². The van der Waals surface area contributed by atoms with Gasteiger partial charge in [0.25, 0.3) is 6.17 Å². The summed E-state index contributed by atoms with van der Waals surface area (Å²) in [7, 11) is 0. The summed E-state index contributed by atoms with van der Waals surface area (Å²) in [5.41, 5.74) is 0. The van der Waals surface area contributed by atoms with Gasteiger partial charge in [-0.1, -0.05) is 31.9 Å². The van der Waals surface area contributed by atoms with Crippen LogP contribution in [0.2, 0.25) is 0 Å². The van der Waals surface area contributed by atoms with E-state index >= 15 is 0 Å². The van der Waals surface area contributed by atoms with Gasteiger partial charge in [-0.3, -0.25) is 0 Å². The van der Waals surface area contributed by atoms with Crippen LogP contribution in [-0.2, 0) is 0 Å². The van der Waals surface area contributed by atoms with E-state index in [1.807, 2.05) is 0 Å². The molecule has 0 N–H and O–H groups in total. The zero-order valence-electron chi connectivity index (χ0n) is 8.16. The van der Waals surface area contributed by atoms with Crippen LogP contribution in [0.15, 0.2) is 26.0 Å². The van der Waals surface area contributed by atoms with Gasteiger partial charge in [-0.2, -0.15) is 22.0 Å². The smallest absolute Gasteiger partial charge is 0.230 e. The largest absolute Gasteiger partial charge is 0.426 e. The van der Waals surface area contributed by atoms with Crippen molar-refractivity contribution in [1.29, 1.82) is 0 Å². The van der Waals surface area contributed by atoms with Crippen LogP contribution in [0, 0.1) is 6.07 Å². The minimum Gasteiger partial charge on any atom is -0.230 e. The van der Waals surface area contributed by atoms with Crippen molar-refractivity contribution in [3.8, 4) is 0 Å². The molecular weight excluding hydrogens is 414 g/mol. The average molecular weight is 417 g/mol. The standard InChI is InChI=1S/C9H3Br2F6S/c10-4-1-5(11)3-6(2-4)18-9(16,17)7(12)8(13,14)15/h2-3,7H. The maximum Gasteiger partial charge on any atom is 0.426 e. The summed E-state index contributed by atoms with van der Waals surface area (Å²) in [6.45, 7) is 0. The van der Waals surface area contributed by atoms with Crippen molar-refractivity contribution in [2.75, 3.05) is 0 Å². The first kappa shape index (κ1) is 16.2. The molecular formula is C9H3Br2F6S. The summed E-state index contributed by atoms with van der Waals surface area (Å²) in [5.74, 6) is 0. The van der Waals surface area contributed by atoms with Crippen molar-refractivity contribution < 1.29 is 26.3 Å². The summed E-state index contributed by atoms with van der Waals surface area (Å²) >= 11 is 5.38. The zero-order valence-corrected chi connectivity index (χ0v) is 12.2. The summed E-state index contributed by atoms with van der Waals surface area (Å²) in [5, 5.41) is -4.60. The predicted octanol–water partition coefficient (Wildman–Crippen LogP) is 5.60. The molecule has 0 nitrogen and oxygen atoms in total. The molecule has 1 atom stereocenters. The van der Waals surface area contributed by atoms with Gasteiger partial charge in [0, 0.05) is 19.9 Å². The van der Waals surface area contributed by atoms with E-state index in [4.69, 9.17) is 0 Å². The highest BCUT2D eigenvalue weighted by atomic mass is 79.9. The van der Waals surface area contributed by atoms with Crippen LogP contribution in [0.4, 0.5) is 26.3 Å².